The van der Waals surface area contributed by atoms with E-state index in [1.165, 1.54) is 12.8 Å². The third kappa shape index (κ3) is 5.04. The Bertz CT molecular complexity index is 511. The minimum absolute atomic E-state index is 0. The average molecular weight is 326 g/mol. The molecular weight excluding hydrogens is 302 g/mol. The smallest absolute Gasteiger partial charge is 0.167 e. The standard InChI is InChI=1S/C17H23NO3.ClH/c1-20-16-7-5-6-14(17(16)21-2)8-9-15(19)10-13-18-11-3-4-12-18;/h5-9H,3-4,10-13H2,1-2H3;1H/b9-8-;. The van der Waals surface area contributed by atoms with Crippen LogP contribution in [0.2, 0.25) is 0 Å². The Morgan fingerprint density at radius 1 is 1.23 bits per heavy atom. The maximum atomic E-state index is 11.9. The number of ether oxygens (including phenoxy) is 2. The number of nitrogens with zero attached hydrogens (tertiary/aromatic N) is 1. The highest BCUT2D eigenvalue weighted by atomic mass is 35.5. The predicted molar refractivity (Wildman–Crippen MR) is 91.1 cm³/mol. The summed E-state index contributed by atoms with van der Waals surface area (Å²) in [5, 5.41) is 0. The molecule has 2 rings (SSSR count). The summed E-state index contributed by atoms with van der Waals surface area (Å²) in [6.07, 6.45) is 6.51. The van der Waals surface area contributed by atoms with Crippen LogP contribution in [-0.4, -0.2) is 44.5 Å². The van der Waals surface area contributed by atoms with Crippen molar-refractivity contribution < 1.29 is 14.3 Å². The molecule has 0 spiro atoms. The Balaban J connectivity index is 0.00000242. The Kier molecular flexibility index (Phi) is 7.99. The molecule has 1 aromatic rings. The zero-order chi connectivity index (χ0) is 15.1. The number of halogens is 1. The molecule has 0 saturated carbocycles. The van der Waals surface area contributed by atoms with Crippen LogP contribution >= 0.6 is 12.4 Å². The molecule has 1 aliphatic rings. The number of ketones is 1. The largest absolute Gasteiger partial charge is 0.493 e. The lowest BCUT2D eigenvalue weighted by Crippen LogP contribution is -2.22. The van der Waals surface area contributed by atoms with Gasteiger partial charge in [-0.1, -0.05) is 12.1 Å². The summed E-state index contributed by atoms with van der Waals surface area (Å²) in [7, 11) is 3.21. The number of hydrogen-bond donors (Lipinski definition) is 0. The van der Waals surface area contributed by atoms with Crippen LogP contribution in [0.5, 0.6) is 11.5 Å². The van der Waals surface area contributed by atoms with Crippen molar-refractivity contribution in [2.45, 2.75) is 19.3 Å². The minimum atomic E-state index is 0. The Hall–Kier alpha value is -1.52. The van der Waals surface area contributed by atoms with Crippen molar-refractivity contribution >= 4 is 24.3 Å². The van der Waals surface area contributed by atoms with E-state index in [9.17, 15) is 4.79 Å². The van der Waals surface area contributed by atoms with E-state index in [1.807, 2.05) is 18.2 Å². The lowest BCUT2D eigenvalue weighted by atomic mass is 10.1. The first-order valence-electron chi connectivity index (χ1n) is 7.39. The van der Waals surface area contributed by atoms with Crippen molar-refractivity contribution in [3.63, 3.8) is 0 Å². The zero-order valence-electron chi connectivity index (χ0n) is 13.2. The second-order valence-electron chi connectivity index (χ2n) is 5.18. The lowest BCUT2D eigenvalue weighted by molar-refractivity contribution is -0.114. The van der Waals surface area contributed by atoms with E-state index in [0.29, 0.717) is 17.9 Å². The Morgan fingerprint density at radius 2 is 1.95 bits per heavy atom. The summed E-state index contributed by atoms with van der Waals surface area (Å²) in [5.41, 5.74) is 0.853. The van der Waals surface area contributed by atoms with Gasteiger partial charge in [0.15, 0.2) is 17.3 Å². The molecule has 1 heterocycles. The predicted octanol–water partition coefficient (Wildman–Crippen LogP) is 3.19. The van der Waals surface area contributed by atoms with Crippen molar-refractivity contribution in [2.24, 2.45) is 0 Å². The van der Waals surface area contributed by atoms with Crippen LogP contribution in [0.1, 0.15) is 24.8 Å². The molecule has 0 unspecified atom stereocenters. The molecule has 0 amide bonds. The van der Waals surface area contributed by atoms with Crippen LogP contribution < -0.4 is 9.47 Å². The average Bonchev–Trinajstić information content (AvgIpc) is 3.03. The summed E-state index contributed by atoms with van der Waals surface area (Å²) in [6, 6.07) is 5.63. The number of likely N-dealkylation sites (tertiary alicyclic amines) is 1. The fraction of sp³-hybridized carbons (Fsp3) is 0.471. The van der Waals surface area contributed by atoms with E-state index in [2.05, 4.69) is 4.90 Å². The van der Waals surface area contributed by atoms with Gasteiger partial charge in [-0.05, 0) is 44.1 Å². The highest BCUT2D eigenvalue weighted by Gasteiger charge is 2.12. The van der Waals surface area contributed by atoms with Gasteiger partial charge in [-0.3, -0.25) is 4.79 Å². The summed E-state index contributed by atoms with van der Waals surface area (Å²) in [4.78, 5) is 14.3. The molecule has 22 heavy (non-hydrogen) atoms. The van der Waals surface area contributed by atoms with E-state index < -0.39 is 0 Å². The SMILES string of the molecule is COc1cccc(/C=C\C(=O)CCN2CCCC2)c1OC.Cl. The van der Waals surface area contributed by atoms with E-state index in [1.54, 1.807) is 26.4 Å². The van der Waals surface area contributed by atoms with Crippen LogP contribution in [0.15, 0.2) is 24.3 Å². The number of benzene rings is 1. The second-order valence-corrected chi connectivity index (χ2v) is 5.18. The van der Waals surface area contributed by atoms with E-state index >= 15 is 0 Å². The number of hydrogen-bond acceptors (Lipinski definition) is 4. The molecule has 0 aliphatic carbocycles. The fourth-order valence-corrected chi connectivity index (χ4v) is 2.58. The van der Waals surface area contributed by atoms with E-state index in [4.69, 9.17) is 9.47 Å². The minimum Gasteiger partial charge on any atom is -0.493 e. The molecular formula is C17H24ClNO3. The number of methoxy groups -OCH3 is 2. The molecule has 1 saturated heterocycles. The maximum absolute atomic E-state index is 11.9. The van der Waals surface area contributed by atoms with Gasteiger partial charge in [0, 0.05) is 18.5 Å². The highest BCUT2D eigenvalue weighted by molar-refractivity contribution is 5.94. The van der Waals surface area contributed by atoms with Crippen molar-refractivity contribution in [3.8, 4) is 11.5 Å². The molecule has 1 aliphatic heterocycles. The first-order chi connectivity index (χ1) is 10.2. The first-order valence-corrected chi connectivity index (χ1v) is 7.39. The molecule has 4 nitrogen and oxygen atoms in total. The second kappa shape index (κ2) is 9.49. The fourth-order valence-electron chi connectivity index (χ4n) is 2.58. The van der Waals surface area contributed by atoms with Gasteiger partial charge in [0.25, 0.3) is 0 Å². The number of para-hydroxylation sites is 1. The summed E-state index contributed by atoms with van der Waals surface area (Å²) < 4.78 is 10.6. The van der Waals surface area contributed by atoms with Gasteiger partial charge in [-0.25, -0.2) is 0 Å². The molecule has 0 radical (unpaired) electrons. The van der Waals surface area contributed by atoms with E-state index in [0.717, 1.165) is 25.2 Å². The molecule has 0 atom stereocenters. The molecule has 5 heteroatoms. The normalized spacial score (nSPS) is 14.8. The molecule has 1 fully saturated rings. The van der Waals surface area contributed by atoms with Crippen LogP contribution in [0.3, 0.4) is 0 Å². The third-order valence-corrected chi connectivity index (χ3v) is 3.76. The van der Waals surface area contributed by atoms with Crippen molar-refractivity contribution in [1.82, 2.24) is 4.90 Å². The molecule has 1 aromatic carbocycles. The van der Waals surface area contributed by atoms with Gasteiger partial charge < -0.3 is 14.4 Å². The Morgan fingerprint density at radius 3 is 2.59 bits per heavy atom. The van der Waals surface area contributed by atoms with Gasteiger partial charge in [0.1, 0.15) is 0 Å². The monoisotopic (exact) mass is 325 g/mol. The number of carbonyl (C=O) groups excluding carboxylic acids is 1. The summed E-state index contributed by atoms with van der Waals surface area (Å²) in [6.45, 7) is 3.11. The molecule has 0 aromatic heterocycles. The van der Waals surface area contributed by atoms with Crippen LogP contribution in [0, 0.1) is 0 Å². The lowest BCUT2D eigenvalue weighted by Gasteiger charge is -2.12. The Labute approximate surface area is 138 Å². The van der Waals surface area contributed by atoms with Crippen molar-refractivity contribution in [1.29, 1.82) is 0 Å². The third-order valence-electron chi connectivity index (χ3n) is 3.76. The molecule has 122 valence electrons. The topological polar surface area (TPSA) is 38.8 Å². The van der Waals surface area contributed by atoms with Crippen LogP contribution in [0.4, 0.5) is 0 Å². The maximum Gasteiger partial charge on any atom is 0.167 e. The van der Waals surface area contributed by atoms with Gasteiger partial charge >= 0.3 is 0 Å². The number of rotatable bonds is 7. The van der Waals surface area contributed by atoms with E-state index in [-0.39, 0.29) is 18.2 Å². The van der Waals surface area contributed by atoms with Gasteiger partial charge in [0.2, 0.25) is 0 Å². The van der Waals surface area contributed by atoms with Crippen LogP contribution in [0.25, 0.3) is 6.08 Å². The van der Waals surface area contributed by atoms with Gasteiger partial charge in [-0.2, -0.15) is 0 Å². The summed E-state index contributed by atoms with van der Waals surface area (Å²) in [5.74, 6) is 1.47. The van der Waals surface area contributed by atoms with Crippen LogP contribution in [-0.2, 0) is 4.79 Å². The molecule has 0 bridgehead atoms. The summed E-state index contributed by atoms with van der Waals surface area (Å²) >= 11 is 0. The molecule has 0 N–H and O–H groups in total. The zero-order valence-corrected chi connectivity index (χ0v) is 14.0. The first kappa shape index (κ1) is 18.5. The highest BCUT2D eigenvalue weighted by Crippen LogP contribution is 2.31. The van der Waals surface area contributed by atoms with Gasteiger partial charge in [-0.15, -0.1) is 12.4 Å². The van der Waals surface area contributed by atoms with Crippen molar-refractivity contribution in [3.05, 3.63) is 29.8 Å². The van der Waals surface area contributed by atoms with Gasteiger partial charge in [0.05, 0.1) is 14.2 Å². The quantitative estimate of drug-likeness (QED) is 0.722. The number of allylic oxidation sites excluding steroid dienone is 1. The number of carbonyl (C=O) groups is 1. The van der Waals surface area contributed by atoms with Crippen molar-refractivity contribution in [2.75, 3.05) is 33.9 Å².